The summed E-state index contributed by atoms with van der Waals surface area (Å²) in [7, 11) is 0. The minimum atomic E-state index is -0.548. The summed E-state index contributed by atoms with van der Waals surface area (Å²) in [5.41, 5.74) is 1.68. The van der Waals surface area contributed by atoms with Crippen LogP contribution in [0, 0.1) is 17.1 Å². The van der Waals surface area contributed by atoms with Gasteiger partial charge in [-0.15, -0.1) is 0 Å². The Bertz CT molecular complexity index is 1250. The molecule has 1 amide bonds. The molecule has 8 heteroatoms. The third-order valence-electron chi connectivity index (χ3n) is 4.73. The zero-order chi connectivity index (χ0) is 25.2. The van der Waals surface area contributed by atoms with E-state index in [-0.39, 0.29) is 18.0 Å². The minimum Gasteiger partial charge on any atom is -0.494 e. The summed E-state index contributed by atoms with van der Waals surface area (Å²) >= 11 is 3.47. The maximum Gasteiger partial charge on any atom is 0.266 e. The Hall–Kier alpha value is -3.83. The number of carbonyl (C=O) groups is 1. The van der Waals surface area contributed by atoms with E-state index in [1.807, 2.05) is 19.9 Å². The van der Waals surface area contributed by atoms with Crippen molar-refractivity contribution in [2.75, 3.05) is 18.5 Å². The third kappa shape index (κ3) is 7.33. The van der Waals surface area contributed by atoms with Crippen LogP contribution in [0.3, 0.4) is 0 Å². The fraction of sp³-hybridized carbons (Fsp3) is 0.185. The van der Waals surface area contributed by atoms with Crippen LogP contribution in [0.15, 0.2) is 70.7 Å². The van der Waals surface area contributed by atoms with Gasteiger partial charge in [0.15, 0.2) is 11.5 Å². The van der Waals surface area contributed by atoms with Gasteiger partial charge in [-0.05, 0) is 79.6 Å². The molecule has 0 aliphatic rings. The van der Waals surface area contributed by atoms with Crippen molar-refractivity contribution in [3.05, 3.63) is 87.7 Å². The maximum atomic E-state index is 13.5. The van der Waals surface area contributed by atoms with Crippen molar-refractivity contribution in [2.45, 2.75) is 20.5 Å². The molecular formula is C27H24BrFN2O4. The fourth-order valence-electron chi connectivity index (χ4n) is 3.13. The molecule has 0 aliphatic heterocycles. The number of ether oxygens (including phenoxy) is 3. The first-order valence-corrected chi connectivity index (χ1v) is 11.7. The Labute approximate surface area is 212 Å². The van der Waals surface area contributed by atoms with Gasteiger partial charge in [-0.1, -0.05) is 28.1 Å². The van der Waals surface area contributed by atoms with E-state index >= 15 is 0 Å². The molecule has 0 atom stereocenters. The first-order valence-electron chi connectivity index (χ1n) is 10.9. The van der Waals surface area contributed by atoms with E-state index in [1.165, 1.54) is 18.2 Å². The number of rotatable bonds is 10. The molecule has 1 N–H and O–H groups in total. The molecule has 6 nitrogen and oxygen atoms in total. The number of nitrogens with zero attached hydrogens (tertiary/aromatic N) is 1. The number of carbonyl (C=O) groups excluding carboxylic acids is 1. The lowest BCUT2D eigenvalue weighted by Gasteiger charge is -2.14. The SMILES string of the molecule is CCOc1ccc(NC(=O)/C(C#N)=C/c2cc(OCC)c(OCc3cccc(F)c3)cc2Br)cc1. The highest BCUT2D eigenvalue weighted by atomic mass is 79.9. The third-order valence-corrected chi connectivity index (χ3v) is 5.42. The molecule has 0 aromatic heterocycles. The van der Waals surface area contributed by atoms with Crippen LogP contribution in [0.25, 0.3) is 6.08 Å². The Morgan fingerprint density at radius 3 is 2.40 bits per heavy atom. The highest BCUT2D eigenvalue weighted by Crippen LogP contribution is 2.35. The Balaban J connectivity index is 1.80. The molecule has 180 valence electrons. The van der Waals surface area contributed by atoms with E-state index in [2.05, 4.69) is 21.2 Å². The number of benzene rings is 3. The highest BCUT2D eigenvalue weighted by molar-refractivity contribution is 9.10. The molecule has 0 heterocycles. The van der Waals surface area contributed by atoms with Crippen LogP contribution < -0.4 is 19.5 Å². The quantitative estimate of drug-likeness (QED) is 0.235. The number of nitrogens with one attached hydrogen (secondary N) is 1. The Kier molecular flexibility index (Phi) is 9.27. The molecular weight excluding hydrogens is 515 g/mol. The van der Waals surface area contributed by atoms with Crippen molar-refractivity contribution in [3.63, 3.8) is 0 Å². The summed E-state index contributed by atoms with van der Waals surface area (Å²) in [5.74, 6) is 0.673. The van der Waals surface area contributed by atoms with Gasteiger partial charge < -0.3 is 19.5 Å². The second-order valence-corrected chi connectivity index (χ2v) is 8.11. The zero-order valence-electron chi connectivity index (χ0n) is 19.3. The van der Waals surface area contributed by atoms with Crippen molar-refractivity contribution in [1.82, 2.24) is 0 Å². The van der Waals surface area contributed by atoms with E-state index in [0.717, 1.165) is 0 Å². The van der Waals surface area contributed by atoms with Crippen LogP contribution >= 0.6 is 15.9 Å². The van der Waals surface area contributed by atoms with Crippen LogP contribution in [-0.2, 0) is 11.4 Å². The predicted octanol–water partition coefficient (Wildman–Crippen LogP) is 6.51. The minimum absolute atomic E-state index is 0.0875. The van der Waals surface area contributed by atoms with E-state index in [1.54, 1.807) is 48.5 Å². The van der Waals surface area contributed by atoms with Gasteiger partial charge in [0.2, 0.25) is 0 Å². The predicted molar refractivity (Wildman–Crippen MR) is 136 cm³/mol. The lowest BCUT2D eigenvalue weighted by Crippen LogP contribution is -2.13. The summed E-state index contributed by atoms with van der Waals surface area (Å²) < 4.78 is 31.0. The lowest BCUT2D eigenvalue weighted by molar-refractivity contribution is -0.112. The van der Waals surface area contributed by atoms with Gasteiger partial charge in [0.1, 0.15) is 29.8 Å². The van der Waals surface area contributed by atoms with E-state index in [9.17, 15) is 14.4 Å². The van der Waals surface area contributed by atoms with Gasteiger partial charge in [0, 0.05) is 10.2 Å². The van der Waals surface area contributed by atoms with Crippen molar-refractivity contribution in [2.24, 2.45) is 0 Å². The fourth-order valence-corrected chi connectivity index (χ4v) is 3.57. The van der Waals surface area contributed by atoms with Crippen molar-refractivity contribution in [1.29, 1.82) is 5.26 Å². The van der Waals surface area contributed by atoms with Crippen molar-refractivity contribution in [3.8, 4) is 23.3 Å². The standard InChI is InChI=1S/C27H24BrFN2O4/c1-3-33-23-10-8-22(9-11-23)31-27(32)20(16-30)13-19-14-25(34-4-2)26(15-24(19)28)35-17-18-6-5-7-21(29)12-18/h5-15H,3-4,17H2,1-2H3,(H,31,32)/b20-13+. The summed E-state index contributed by atoms with van der Waals surface area (Å²) in [6, 6.07) is 18.3. The topological polar surface area (TPSA) is 80.6 Å². The highest BCUT2D eigenvalue weighted by Gasteiger charge is 2.14. The summed E-state index contributed by atoms with van der Waals surface area (Å²) in [6.07, 6.45) is 1.47. The average molecular weight is 539 g/mol. The van der Waals surface area contributed by atoms with E-state index < -0.39 is 5.91 Å². The van der Waals surface area contributed by atoms with Gasteiger partial charge in [0.25, 0.3) is 5.91 Å². The number of halogens is 2. The molecule has 3 rings (SSSR count). The molecule has 3 aromatic rings. The van der Waals surface area contributed by atoms with E-state index in [4.69, 9.17) is 14.2 Å². The van der Waals surface area contributed by atoms with Crippen molar-refractivity contribution < 1.29 is 23.4 Å². The second kappa shape index (κ2) is 12.6. The number of hydrogen-bond donors (Lipinski definition) is 1. The van der Waals surface area contributed by atoms with Crippen molar-refractivity contribution >= 4 is 33.6 Å². The largest absolute Gasteiger partial charge is 0.494 e. The Morgan fingerprint density at radius 2 is 1.74 bits per heavy atom. The average Bonchev–Trinajstić information content (AvgIpc) is 2.84. The molecule has 0 fully saturated rings. The molecule has 0 spiro atoms. The molecule has 0 aliphatic carbocycles. The van der Waals surface area contributed by atoms with Crippen LogP contribution in [0.1, 0.15) is 25.0 Å². The zero-order valence-corrected chi connectivity index (χ0v) is 20.9. The van der Waals surface area contributed by atoms with Gasteiger partial charge in [-0.2, -0.15) is 5.26 Å². The van der Waals surface area contributed by atoms with Crippen LogP contribution in [0.2, 0.25) is 0 Å². The number of anilines is 1. The molecule has 0 saturated heterocycles. The molecule has 0 saturated carbocycles. The molecule has 3 aromatic carbocycles. The van der Waals surface area contributed by atoms with Gasteiger partial charge >= 0.3 is 0 Å². The molecule has 0 bridgehead atoms. The summed E-state index contributed by atoms with van der Waals surface area (Å²) in [6.45, 7) is 4.79. The lowest BCUT2D eigenvalue weighted by atomic mass is 10.1. The molecule has 0 unspecified atom stereocenters. The number of amides is 1. The van der Waals surface area contributed by atoms with Gasteiger partial charge in [-0.25, -0.2) is 4.39 Å². The van der Waals surface area contributed by atoms with Crippen LogP contribution in [-0.4, -0.2) is 19.1 Å². The maximum absolute atomic E-state index is 13.5. The second-order valence-electron chi connectivity index (χ2n) is 7.25. The number of nitriles is 1. The normalized spacial score (nSPS) is 10.9. The Morgan fingerprint density at radius 1 is 1.03 bits per heavy atom. The monoisotopic (exact) mass is 538 g/mol. The van der Waals surface area contributed by atoms with E-state index in [0.29, 0.717) is 51.7 Å². The molecule has 0 radical (unpaired) electrons. The van der Waals surface area contributed by atoms with Crippen LogP contribution in [0.4, 0.5) is 10.1 Å². The molecule has 35 heavy (non-hydrogen) atoms. The number of hydrogen-bond acceptors (Lipinski definition) is 5. The first-order chi connectivity index (χ1) is 16.9. The first kappa shape index (κ1) is 25.8. The summed E-state index contributed by atoms with van der Waals surface area (Å²) in [4.78, 5) is 12.7. The smallest absolute Gasteiger partial charge is 0.266 e. The van der Waals surface area contributed by atoms with Crippen LogP contribution in [0.5, 0.6) is 17.2 Å². The summed E-state index contributed by atoms with van der Waals surface area (Å²) in [5, 5.41) is 12.3. The van der Waals surface area contributed by atoms with Gasteiger partial charge in [-0.3, -0.25) is 4.79 Å². The van der Waals surface area contributed by atoms with Gasteiger partial charge in [0.05, 0.1) is 13.2 Å².